The highest BCUT2D eigenvalue weighted by Gasteiger charge is 2.16. The molecule has 0 aliphatic rings. The number of hydrogen-bond acceptors (Lipinski definition) is 4. The number of aryl methyl sites for hydroxylation is 1. The molecule has 1 atom stereocenters. The third-order valence-electron chi connectivity index (χ3n) is 3.22. The molecule has 0 radical (unpaired) electrons. The molecule has 1 amide bonds. The van der Waals surface area contributed by atoms with Crippen LogP contribution in [0.4, 0.5) is 11.4 Å². The molecule has 5 nitrogen and oxygen atoms in total. The summed E-state index contributed by atoms with van der Waals surface area (Å²) in [7, 11) is 1.56. The molecule has 0 saturated heterocycles. The van der Waals surface area contributed by atoms with Crippen molar-refractivity contribution in [3.05, 3.63) is 48.0 Å². The first-order chi connectivity index (χ1) is 10.5. The van der Waals surface area contributed by atoms with E-state index in [-0.39, 0.29) is 5.91 Å². The molecule has 2 aromatic carbocycles. The molecule has 0 aliphatic carbocycles. The van der Waals surface area contributed by atoms with Crippen LogP contribution in [0.25, 0.3) is 0 Å². The van der Waals surface area contributed by atoms with E-state index in [1.165, 1.54) is 0 Å². The number of nitrogen functional groups attached to an aromatic ring is 1. The minimum Gasteiger partial charge on any atom is -0.497 e. The molecule has 22 heavy (non-hydrogen) atoms. The topological polar surface area (TPSA) is 73.6 Å². The molecular formula is C17H20N2O3. The fraction of sp³-hybridized carbons (Fsp3) is 0.235. The number of carbonyl (C=O) groups excluding carboxylic acids is 1. The second-order valence-corrected chi connectivity index (χ2v) is 5.02. The van der Waals surface area contributed by atoms with E-state index in [1.54, 1.807) is 32.2 Å². The predicted molar refractivity (Wildman–Crippen MR) is 87.3 cm³/mol. The zero-order chi connectivity index (χ0) is 16.1. The molecule has 0 heterocycles. The summed E-state index contributed by atoms with van der Waals surface area (Å²) in [5.41, 5.74) is 7.99. The number of ether oxygens (including phenoxy) is 2. The van der Waals surface area contributed by atoms with Crippen LogP contribution < -0.4 is 20.5 Å². The summed E-state index contributed by atoms with van der Waals surface area (Å²) >= 11 is 0. The van der Waals surface area contributed by atoms with Crippen molar-refractivity contribution in [2.45, 2.75) is 20.0 Å². The van der Waals surface area contributed by atoms with E-state index in [0.29, 0.717) is 22.9 Å². The van der Waals surface area contributed by atoms with Gasteiger partial charge < -0.3 is 20.5 Å². The maximum Gasteiger partial charge on any atom is 0.265 e. The third-order valence-corrected chi connectivity index (χ3v) is 3.22. The molecule has 5 heteroatoms. The van der Waals surface area contributed by atoms with Gasteiger partial charge in [0.2, 0.25) is 0 Å². The Balaban J connectivity index is 2.00. The lowest BCUT2D eigenvalue weighted by Gasteiger charge is -2.16. The Hall–Kier alpha value is -2.69. The molecule has 1 unspecified atom stereocenters. The molecule has 116 valence electrons. The smallest absolute Gasteiger partial charge is 0.265 e. The Labute approximate surface area is 130 Å². The van der Waals surface area contributed by atoms with Gasteiger partial charge in [0.05, 0.1) is 18.5 Å². The van der Waals surface area contributed by atoms with E-state index in [0.717, 1.165) is 5.56 Å². The van der Waals surface area contributed by atoms with Crippen LogP contribution in [0.2, 0.25) is 0 Å². The van der Waals surface area contributed by atoms with Gasteiger partial charge in [0.15, 0.2) is 6.10 Å². The lowest BCUT2D eigenvalue weighted by Crippen LogP contribution is -2.30. The van der Waals surface area contributed by atoms with E-state index in [4.69, 9.17) is 15.2 Å². The Morgan fingerprint density at radius 1 is 1.14 bits per heavy atom. The van der Waals surface area contributed by atoms with Gasteiger partial charge in [-0.2, -0.15) is 0 Å². The van der Waals surface area contributed by atoms with Gasteiger partial charge in [0.1, 0.15) is 11.5 Å². The molecule has 0 spiro atoms. The van der Waals surface area contributed by atoms with Gasteiger partial charge in [-0.1, -0.05) is 17.7 Å². The predicted octanol–water partition coefficient (Wildman–Crippen LogP) is 2.99. The van der Waals surface area contributed by atoms with Crippen LogP contribution in [-0.4, -0.2) is 19.1 Å². The molecule has 0 aromatic heterocycles. The third kappa shape index (κ3) is 3.91. The van der Waals surface area contributed by atoms with Gasteiger partial charge in [-0.25, -0.2) is 0 Å². The second kappa shape index (κ2) is 6.85. The normalized spacial score (nSPS) is 11.6. The van der Waals surface area contributed by atoms with E-state index >= 15 is 0 Å². The van der Waals surface area contributed by atoms with Gasteiger partial charge in [0.25, 0.3) is 5.91 Å². The number of methoxy groups -OCH3 is 1. The highest BCUT2D eigenvalue weighted by molar-refractivity contribution is 5.96. The van der Waals surface area contributed by atoms with Crippen LogP contribution in [0.3, 0.4) is 0 Å². The average Bonchev–Trinajstić information content (AvgIpc) is 2.51. The van der Waals surface area contributed by atoms with Crippen LogP contribution in [0.15, 0.2) is 42.5 Å². The van der Waals surface area contributed by atoms with Crippen molar-refractivity contribution in [2.24, 2.45) is 0 Å². The number of rotatable bonds is 5. The monoisotopic (exact) mass is 300 g/mol. The van der Waals surface area contributed by atoms with Crippen molar-refractivity contribution < 1.29 is 14.3 Å². The Kier molecular flexibility index (Phi) is 4.88. The van der Waals surface area contributed by atoms with Crippen LogP contribution in [0, 0.1) is 6.92 Å². The van der Waals surface area contributed by atoms with Gasteiger partial charge in [-0.05, 0) is 38.1 Å². The average molecular weight is 300 g/mol. The number of nitrogens with two attached hydrogens (primary N) is 1. The number of benzene rings is 2. The fourth-order valence-corrected chi connectivity index (χ4v) is 1.89. The standard InChI is InChI=1S/C17H20N2O3/c1-11-4-6-13(7-5-11)22-12(2)17(20)19-16-9-8-14(21-3)10-15(16)18/h4-10,12H,18H2,1-3H3,(H,19,20). The van der Waals surface area contributed by atoms with Crippen molar-refractivity contribution in [3.8, 4) is 11.5 Å². The fourth-order valence-electron chi connectivity index (χ4n) is 1.89. The zero-order valence-corrected chi connectivity index (χ0v) is 12.9. The summed E-state index contributed by atoms with van der Waals surface area (Å²) in [5.74, 6) is 1.02. The molecule has 0 fully saturated rings. The van der Waals surface area contributed by atoms with Crippen LogP contribution >= 0.6 is 0 Å². The second-order valence-electron chi connectivity index (χ2n) is 5.02. The number of anilines is 2. The summed E-state index contributed by atoms with van der Waals surface area (Å²) in [5, 5.41) is 2.75. The molecule has 0 aliphatic heterocycles. The van der Waals surface area contributed by atoms with Gasteiger partial charge in [0, 0.05) is 6.07 Å². The molecule has 3 N–H and O–H groups in total. The summed E-state index contributed by atoms with van der Waals surface area (Å²) in [6.07, 6.45) is -0.635. The van der Waals surface area contributed by atoms with E-state index < -0.39 is 6.10 Å². The Morgan fingerprint density at radius 3 is 2.36 bits per heavy atom. The highest BCUT2D eigenvalue weighted by atomic mass is 16.5. The largest absolute Gasteiger partial charge is 0.497 e. The van der Waals surface area contributed by atoms with Crippen molar-refractivity contribution in [1.82, 2.24) is 0 Å². The summed E-state index contributed by atoms with van der Waals surface area (Å²) in [4.78, 5) is 12.2. The summed E-state index contributed by atoms with van der Waals surface area (Å²) < 4.78 is 10.7. The first-order valence-corrected chi connectivity index (χ1v) is 6.97. The minimum absolute atomic E-state index is 0.266. The quantitative estimate of drug-likeness (QED) is 0.833. The van der Waals surface area contributed by atoms with Crippen LogP contribution in [0.1, 0.15) is 12.5 Å². The first-order valence-electron chi connectivity index (χ1n) is 6.97. The Morgan fingerprint density at radius 2 is 1.77 bits per heavy atom. The number of carbonyl (C=O) groups is 1. The van der Waals surface area contributed by atoms with E-state index in [2.05, 4.69) is 5.32 Å². The highest BCUT2D eigenvalue weighted by Crippen LogP contribution is 2.24. The molecule has 0 saturated carbocycles. The van der Waals surface area contributed by atoms with Crippen LogP contribution in [0.5, 0.6) is 11.5 Å². The van der Waals surface area contributed by atoms with Crippen molar-refractivity contribution in [1.29, 1.82) is 0 Å². The maximum absolute atomic E-state index is 12.2. The van der Waals surface area contributed by atoms with Gasteiger partial charge >= 0.3 is 0 Å². The lowest BCUT2D eigenvalue weighted by atomic mass is 10.2. The summed E-state index contributed by atoms with van der Waals surface area (Å²) in [6.45, 7) is 3.68. The SMILES string of the molecule is COc1ccc(NC(=O)C(C)Oc2ccc(C)cc2)c(N)c1. The van der Waals surface area contributed by atoms with Crippen LogP contribution in [-0.2, 0) is 4.79 Å². The zero-order valence-electron chi connectivity index (χ0n) is 12.9. The summed E-state index contributed by atoms with van der Waals surface area (Å²) in [6, 6.07) is 12.6. The lowest BCUT2D eigenvalue weighted by molar-refractivity contribution is -0.122. The molecule has 0 bridgehead atoms. The molecule has 2 aromatic rings. The number of amides is 1. The first kappa shape index (κ1) is 15.7. The molecule has 2 rings (SSSR count). The minimum atomic E-state index is -0.635. The van der Waals surface area contributed by atoms with E-state index in [1.807, 2.05) is 31.2 Å². The number of nitrogens with one attached hydrogen (secondary N) is 1. The van der Waals surface area contributed by atoms with Crippen molar-refractivity contribution in [3.63, 3.8) is 0 Å². The molecular weight excluding hydrogens is 280 g/mol. The maximum atomic E-state index is 12.2. The van der Waals surface area contributed by atoms with Gasteiger partial charge in [-0.15, -0.1) is 0 Å². The van der Waals surface area contributed by atoms with Gasteiger partial charge in [-0.3, -0.25) is 4.79 Å². The van der Waals surface area contributed by atoms with E-state index in [9.17, 15) is 4.79 Å². The Bertz CT molecular complexity index is 653. The van der Waals surface area contributed by atoms with Crippen molar-refractivity contribution in [2.75, 3.05) is 18.2 Å². The number of hydrogen-bond donors (Lipinski definition) is 2. The van der Waals surface area contributed by atoms with Crippen molar-refractivity contribution >= 4 is 17.3 Å².